The molecule has 1 aliphatic rings. The monoisotopic (exact) mass is 199 g/mol. The average Bonchev–Trinajstić information content (AvgIpc) is 2.63. The number of carbonyl (C=O) groups excluding carboxylic acids is 1. The summed E-state index contributed by atoms with van der Waals surface area (Å²) in [5.74, 6) is 0.297. The van der Waals surface area contributed by atoms with Crippen molar-refractivity contribution in [1.29, 1.82) is 0 Å². The molecule has 3 heteroatoms. The van der Waals surface area contributed by atoms with Gasteiger partial charge in [0.15, 0.2) is 0 Å². The van der Waals surface area contributed by atoms with Crippen LogP contribution in [0.3, 0.4) is 0 Å². The van der Waals surface area contributed by atoms with Crippen LogP contribution in [-0.2, 0) is 4.79 Å². The molecule has 1 aliphatic heterocycles. The van der Waals surface area contributed by atoms with Gasteiger partial charge in [0.25, 0.3) is 0 Å². The van der Waals surface area contributed by atoms with Gasteiger partial charge in [0.1, 0.15) is 0 Å². The molecule has 1 unspecified atom stereocenters. The fourth-order valence-electron chi connectivity index (χ4n) is 2.03. The Kier molecular flexibility index (Phi) is 3.93. The quantitative estimate of drug-likeness (QED) is 0.746. The van der Waals surface area contributed by atoms with Crippen molar-refractivity contribution in [2.24, 2.45) is 5.92 Å². The van der Waals surface area contributed by atoms with Gasteiger partial charge in [0, 0.05) is 12.5 Å². The standard InChI is InChI=1S/C11H21NO2/c1-4-8(2)11(14)12-7-5-6-10(12)9(3)13/h8-10,13H,4-7H2,1-3H3/t8-,9?,10-/m0/s1. The second-order valence-corrected chi connectivity index (χ2v) is 4.29. The van der Waals surface area contributed by atoms with Gasteiger partial charge < -0.3 is 10.0 Å². The molecule has 0 aromatic rings. The van der Waals surface area contributed by atoms with Gasteiger partial charge in [0.2, 0.25) is 5.91 Å². The lowest BCUT2D eigenvalue weighted by Gasteiger charge is -2.29. The third-order valence-corrected chi connectivity index (χ3v) is 3.17. The molecule has 3 atom stereocenters. The third kappa shape index (κ3) is 2.27. The normalized spacial score (nSPS) is 26.3. The Balaban J connectivity index is 2.62. The topological polar surface area (TPSA) is 40.5 Å². The van der Waals surface area contributed by atoms with Crippen LogP contribution in [0.25, 0.3) is 0 Å². The SMILES string of the molecule is CC[C@H](C)C(=O)N1CCC[C@H]1C(C)O. The minimum absolute atomic E-state index is 0.0523. The summed E-state index contributed by atoms with van der Waals surface area (Å²) in [7, 11) is 0. The van der Waals surface area contributed by atoms with Crippen LogP contribution in [0.5, 0.6) is 0 Å². The van der Waals surface area contributed by atoms with Gasteiger partial charge >= 0.3 is 0 Å². The first-order chi connectivity index (χ1) is 6.57. The predicted molar refractivity (Wildman–Crippen MR) is 55.9 cm³/mol. The number of carbonyl (C=O) groups is 1. The molecular formula is C11H21NO2. The van der Waals surface area contributed by atoms with E-state index in [0.717, 1.165) is 25.8 Å². The van der Waals surface area contributed by atoms with Crippen LogP contribution in [-0.4, -0.2) is 34.6 Å². The molecule has 82 valence electrons. The minimum atomic E-state index is -0.398. The number of aliphatic hydroxyl groups is 1. The zero-order valence-electron chi connectivity index (χ0n) is 9.36. The Hall–Kier alpha value is -0.570. The number of rotatable bonds is 3. The van der Waals surface area contributed by atoms with E-state index >= 15 is 0 Å². The van der Waals surface area contributed by atoms with Gasteiger partial charge in [-0.3, -0.25) is 4.79 Å². The molecule has 1 amide bonds. The fourth-order valence-corrected chi connectivity index (χ4v) is 2.03. The van der Waals surface area contributed by atoms with Crippen molar-refractivity contribution in [3.63, 3.8) is 0 Å². The summed E-state index contributed by atoms with van der Waals surface area (Å²) in [5.41, 5.74) is 0. The van der Waals surface area contributed by atoms with Crippen molar-refractivity contribution < 1.29 is 9.90 Å². The highest BCUT2D eigenvalue weighted by Crippen LogP contribution is 2.22. The van der Waals surface area contributed by atoms with E-state index in [1.165, 1.54) is 0 Å². The van der Waals surface area contributed by atoms with E-state index in [2.05, 4.69) is 0 Å². The Labute approximate surface area is 86.1 Å². The molecule has 0 spiro atoms. The molecule has 14 heavy (non-hydrogen) atoms. The van der Waals surface area contributed by atoms with E-state index in [-0.39, 0.29) is 17.9 Å². The Morgan fingerprint density at radius 1 is 1.57 bits per heavy atom. The predicted octanol–water partition coefficient (Wildman–Crippen LogP) is 1.40. The number of hydrogen-bond donors (Lipinski definition) is 1. The first-order valence-electron chi connectivity index (χ1n) is 5.56. The van der Waals surface area contributed by atoms with E-state index in [9.17, 15) is 9.90 Å². The van der Waals surface area contributed by atoms with E-state index in [1.807, 2.05) is 18.7 Å². The lowest BCUT2D eigenvalue weighted by atomic mass is 10.1. The number of hydrogen-bond acceptors (Lipinski definition) is 2. The molecule has 0 bridgehead atoms. The van der Waals surface area contributed by atoms with Crippen LogP contribution in [0, 0.1) is 5.92 Å². The fraction of sp³-hybridized carbons (Fsp3) is 0.909. The van der Waals surface area contributed by atoms with Gasteiger partial charge in [-0.1, -0.05) is 13.8 Å². The van der Waals surface area contributed by atoms with Gasteiger partial charge in [-0.25, -0.2) is 0 Å². The molecule has 1 heterocycles. The second kappa shape index (κ2) is 4.78. The Morgan fingerprint density at radius 2 is 2.21 bits per heavy atom. The summed E-state index contributed by atoms with van der Waals surface area (Å²) in [5, 5.41) is 9.53. The molecule has 1 fully saturated rings. The van der Waals surface area contributed by atoms with Crippen molar-refractivity contribution in [3.05, 3.63) is 0 Å². The number of aliphatic hydroxyl groups excluding tert-OH is 1. The largest absolute Gasteiger partial charge is 0.391 e. The molecule has 0 aliphatic carbocycles. The molecule has 0 aromatic carbocycles. The molecule has 1 saturated heterocycles. The lowest BCUT2D eigenvalue weighted by Crippen LogP contribution is -2.43. The van der Waals surface area contributed by atoms with Crippen LogP contribution in [0.1, 0.15) is 40.0 Å². The van der Waals surface area contributed by atoms with Gasteiger partial charge in [-0.15, -0.1) is 0 Å². The molecule has 3 nitrogen and oxygen atoms in total. The smallest absolute Gasteiger partial charge is 0.225 e. The van der Waals surface area contributed by atoms with Crippen LogP contribution >= 0.6 is 0 Å². The summed E-state index contributed by atoms with van der Waals surface area (Å²) < 4.78 is 0. The Morgan fingerprint density at radius 3 is 2.71 bits per heavy atom. The van der Waals surface area contributed by atoms with E-state index in [0.29, 0.717) is 0 Å². The van der Waals surface area contributed by atoms with Crippen molar-refractivity contribution in [2.45, 2.75) is 52.2 Å². The zero-order chi connectivity index (χ0) is 10.7. The molecule has 1 rings (SSSR count). The average molecular weight is 199 g/mol. The molecule has 1 N–H and O–H groups in total. The first-order valence-corrected chi connectivity index (χ1v) is 5.56. The summed E-state index contributed by atoms with van der Waals surface area (Å²) in [4.78, 5) is 13.8. The van der Waals surface area contributed by atoms with Crippen molar-refractivity contribution in [2.75, 3.05) is 6.54 Å². The summed E-state index contributed by atoms with van der Waals surface area (Å²) in [6.45, 7) is 6.57. The summed E-state index contributed by atoms with van der Waals surface area (Å²) in [6.07, 6.45) is 2.45. The summed E-state index contributed by atoms with van der Waals surface area (Å²) >= 11 is 0. The highest BCUT2D eigenvalue weighted by atomic mass is 16.3. The maximum absolute atomic E-state index is 11.9. The highest BCUT2D eigenvalue weighted by Gasteiger charge is 2.33. The molecule has 0 radical (unpaired) electrons. The van der Waals surface area contributed by atoms with Crippen molar-refractivity contribution in [3.8, 4) is 0 Å². The van der Waals surface area contributed by atoms with E-state index in [1.54, 1.807) is 6.92 Å². The number of likely N-dealkylation sites (tertiary alicyclic amines) is 1. The second-order valence-electron chi connectivity index (χ2n) is 4.29. The number of nitrogens with zero attached hydrogens (tertiary/aromatic N) is 1. The summed E-state index contributed by atoms with van der Waals surface area (Å²) in [6, 6.07) is 0.0523. The lowest BCUT2D eigenvalue weighted by molar-refractivity contribution is -0.137. The van der Waals surface area contributed by atoms with Crippen molar-refractivity contribution in [1.82, 2.24) is 4.90 Å². The van der Waals surface area contributed by atoms with Gasteiger partial charge in [-0.05, 0) is 26.2 Å². The van der Waals surface area contributed by atoms with E-state index in [4.69, 9.17) is 0 Å². The van der Waals surface area contributed by atoms with Gasteiger partial charge in [0.05, 0.1) is 12.1 Å². The first kappa shape index (κ1) is 11.5. The van der Waals surface area contributed by atoms with E-state index < -0.39 is 6.10 Å². The maximum atomic E-state index is 11.9. The highest BCUT2D eigenvalue weighted by molar-refractivity contribution is 5.79. The molecule has 0 aromatic heterocycles. The maximum Gasteiger partial charge on any atom is 0.225 e. The third-order valence-electron chi connectivity index (χ3n) is 3.17. The van der Waals surface area contributed by atoms with Crippen molar-refractivity contribution >= 4 is 5.91 Å². The van der Waals surface area contributed by atoms with Crippen LogP contribution < -0.4 is 0 Å². The Bertz CT molecular complexity index is 203. The van der Waals surface area contributed by atoms with Crippen LogP contribution in [0.4, 0.5) is 0 Å². The zero-order valence-corrected chi connectivity index (χ0v) is 9.36. The van der Waals surface area contributed by atoms with Gasteiger partial charge in [-0.2, -0.15) is 0 Å². The molecular weight excluding hydrogens is 178 g/mol. The minimum Gasteiger partial charge on any atom is -0.391 e. The molecule has 0 saturated carbocycles. The van der Waals surface area contributed by atoms with Crippen LogP contribution in [0.15, 0.2) is 0 Å². The number of amides is 1. The van der Waals surface area contributed by atoms with Crippen LogP contribution in [0.2, 0.25) is 0 Å².